The van der Waals surface area contributed by atoms with Gasteiger partial charge in [-0.1, -0.05) is 29.3 Å². The minimum Gasteiger partial charge on any atom is -0.497 e. The number of halogens is 7. The Morgan fingerprint density at radius 2 is 1.78 bits per heavy atom. The molecule has 1 aliphatic carbocycles. The minimum atomic E-state index is -4.54. The van der Waals surface area contributed by atoms with E-state index in [1.54, 1.807) is 18.2 Å². The third-order valence-electron chi connectivity index (χ3n) is 6.92. The third kappa shape index (κ3) is 5.95. The molecule has 5 nitrogen and oxygen atoms in total. The smallest absolute Gasteiger partial charge is 0.390 e. The molecule has 1 saturated heterocycles. The number of nitrogens with zero attached hydrogens (tertiary/aromatic N) is 1. The van der Waals surface area contributed by atoms with Crippen LogP contribution in [0, 0.1) is 11.6 Å². The summed E-state index contributed by atoms with van der Waals surface area (Å²) < 4.78 is 73.1. The average molecular weight is 565 g/mol. The molecule has 0 spiro atoms. The summed E-state index contributed by atoms with van der Waals surface area (Å²) in [6.07, 6.45) is -4.54. The van der Waals surface area contributed by atoms with Crippen LogP contribution in [0.5, 0.6) is 5.75 Å². The standard InChI is InChI=1S/C25H23Cl2F5N2O3/c1-37-14-9-18(28)21(19(29)10-14)15-12-34(7-6-25(30,31)32)23(36)22(15)33-20(35)11-24(4-5-24)13-2-3-16(26)17(27)8-13/h2-3,8-10,15,22H,4-7,11-12H2,1H3,(H,33,35)/t15-,22-/m0/s1. The van der Waals surface area contributed by atoms with Gasteiger partial charge in [0.1, 0.15) is 23.4 Å². The number of hydrogen-bond donors (Lipinski definition) is 1. The van der Waals surface area contributed by atoms with Gasteiger partial charge in [-0.15, -0.1) is 0 Å². The van der Waals surface area contributed by atoms with E-state index in [4.69, 9.17) is 27.9 Å². The molecule has 2 aliphatic rings. The largest absolute Gasteiger partial charge is 0.497 e. The maximum Gasteiger partial charge on any atom is 0.390 e. The molecule has 2 fully saturated rings. The number of carbonyl (C=O) groups excluding carboxylic acids is 2. The van der Waals surface area contributed by atoms with Gasteiger partial charge in [0.15, 0.2) is 0 Å². The molecular formula is C25H23Cl2F5N2O3. The highest BCUT2D eigenvalue weighted by Crippen LogP contribution is 2.52. The van der Waals surface area contributed by atoms with Gasteiger partial charge in [-0.05, 0) is 30.5 Å². The number of amides is 2. The van der Waals surface area contributed by atoms with E-state index in [9.17, 15) is 31.5 Å². The Hall–Kier alpha value is -2.59. The first-order valence-electron chi connectivity index (χ1n) is 11.5. The van der Waals surface area contributed by atoms with Crippen LogP contribution in [-0.4, -0.2) is 49.1 Å². The highest BCUT2D eigenvalue weighted by atomic mass is 35.5. The number of nitrogens with one attached hydrogen (secondary N) is 1. The molecule has 2 amide bonds. The van der Waals surface area contributed by atoms with Crippen molar-refractivity contribution in [1.82, 2.24) is 10.2 Å². The first-order chi connectivity index (χ1) is 17.3. The molecule has 200 valence electrons. The number of ether oxygens (including phenoxy) is 1. The molecule has 12 heteroatoms. The Kier molecular flexibility index (Phi) is 7.63. The molecule has 0 unspecified atom stereocenters. The van der Waals surface area contributed by atoms with Crippen molar-refractivity contribution in [2.24, 2.45) is 0 Å². The molecule has 0 bridgehead atoms. The van der Waals surface area contributed by atoms with E-state index in [2.05, 4.69) is 5.32 Å². The second kappa shape index (κ2) is 10.3. The van der Waals surface area contributed by atoms with Crippen LogP contribution in [0.25, 0.3) is 0 Å². The van der Waals surface area contributed by atoms with Crippen LogP contribution < -0.4 is 10.1 Å². The van der Waals surface area contributed by atoms with Crippen LogP contribution in [-0.2, 0) is 15.0 Å². The van der Waals surface area contributed by atoms with E-state index in [1.165, 1.54) is 7.11 Å². The van der Waals surface area contributed by atoms with E-state index in [1.807, 2.05) is 0 Å². The number of methoxy groups -OCH3 is 1. The molecule has 2 aromatic carbocycles. The van der Waals surface area contributed by atoms with E-state index >= 15 is 0 Å². The second-order valence-electron chi connectivity index (χ2n) is 9.39. The van der Waals surface area contributed by atoms with E-state index in [0.717, 1.165) is 22.6 Å². The van der Waals surface area contributed by atoms with Crippen molar-refractivity contribution in [3.8, 4) is 5.75 Å². The van der Waals surface area contributed by atoms with Gasteiger partial charge in [-0.25, -0.2) is 8.78 Å². The lowest BCUT2D eigenvalue weighted by molar-refractivity contribution is -0.144. The zero-order valence-electron chi connectivity index (χ0n) is 19.6. The molecule has 0 aromatic heterocycles. The van der Waals surface area contributed by atoms with Gasteiger partial charge in [0.2, 0.25) is 11.8 Å². The zero-order valence-corrected chi connectivity index (χ0v) is 21.1. The second-order valence-corrected chi connectivity index (χ2v) is 10.2. The minimum absolute atomic E-state index is 0.0441. The molecule has 37 heavy (non-hydrogen) atoms. The fourth-order valence-electron chi connectivity index (χ4n) is 4.79. The molecule has 1 N–H and O–H groups in total. The molecule has 1 saturated carbocycles. The lowest BCUT2D eigenvalue weighted by atomic mass is 9.90. The fraction of sp³-hybridized carbons (Fsp3) is 0.440. The van der Waals surface area contributed by atoms with Crippen molar-refractivity contribution in [2.75, 3.05) is 20.2 Å². The van der Waals surface area contributed by atoms with E-state index in [0.29, 0.717) is 22.9 Å². The molecule has 1 heterocycles. The predicted octanol–water partition coefficient (Wildman–Crippen LogP) is 5.77. The summed E-state index contributed by atoms with van der Waals surface area (Å²) in [5.41, 5.74) is -0.257. The van der Waals surface area contributed by atoms with Crippen molar-refractivity contribution in [1.29, 1.82) is 0 Å². The van der Waals surface area contributed by atoms with Crippen LogP contribution in [0.2, 0.25) is 10.0 Å². The van der Waals surface area contributed by atoms with Crippen molar-refractivity contribution in [3.05, 3.63) is 63.1 Å². The summed E-state index contributed by atoms with van der Waals surface area (Å²) in [6, 6.07) is 5.42. The molecular weight excluding hydrogens is 542 g/mol. The molecule has 0 radical (unpaired) electrons. The Bertz CT molecular complexity index is 1200. The summed E-state index contributed by atoms with van der Waals surface area (Å²) in [6.45, 7) is -1.09. The summed E-state index contributed by atoms with van der Waals surface area (Å²) >= 11 is 12.1. The fourth-order valence-corrected chi connectivity index (χ4v) is 5.09. The van der Waals surface area contributed by atoms with Gasteiger partial charge in [-0.2, -0.15) is 13.2 Å². The summed E-state index contributed by atoms with van der Waals surface area (Å²) in [7, 11) is 1.22. The van der Waals surface area contributed by atoms with Gasteiger partial charge in [0, 0.05) is 48.5 Å². The van der Waals surface area contributed by atoms with Gasteiger partial charge >= 0.3 is 6.18 Å². The highest BCUT2D eigenvalue weighted by Gasteiger charge is 2.49. The summed E-state index contributed by atoms with van der Waals surface area (Å²) in [5.74, 6) is -4.80. The van der Waals surface area contributed by atoms with Crippen molar-refractivity contribution >= 4 is 35.0 Å². The van der Waals surface area contributed by atoms with Crippen LogP contribution in [0.1, 0.15) is 42.7 Å². The zero-order chi connectivity index (χ0) is 27.1. The Morgan fingerprint density at radius 1 is 1.14 bits per heavy atom. The average Bonchev–Trinajstić information content (AvgIpc) is 3.53. The number of benzene rings is 2. The maximum atomic E-state index is 14.9. The summed E-state index contributed by atoms with van der Waals surface area (Å²) in [4.78, 5) is 27.0. The van der Waals surface area contributed by atoms with Gasteiger partial charge < -0.3 is 15.0 Å². The Labute approximate surface area is 219 Å². The topological polar surface area (TPSA) is 58.6 Å². The molecule has 2 atom stereocenters. The first kappa shape index (κ1) is 27.4. The molecule has 1 aliphatic heterocycles. The number of rotatable bonds is 8. The van der Waals surface area contributed by atoms with Gasteiger partial charge in [0.05, 0.1) is 23.6 Å². The van der Waals surface area contributed by atoms with E-state index in [-0.39, 0.29) is 12.2 Å². The van der Waals surface area contributed by atoms with Crippen LogP contribution in [0.3, 0.4) is 0 Å². The number of hydrogen-bond acceptors (Lipinski definition) is 3. The van der Waals surface area contributed by atoms with Gasteiger partial charge in [-0.3, -0.25) is 9.59 Å². The monoisotopic (exact) mass is 564 g/mol. The van der Waals surface area contributed by atoms with Crippen LogP contribution in [0.15, 0.2) is 30.3 Å². The highest BCUT2D eigenvalue weighted by molar-refractivity contribution is 6.42. The number of likely N-dealkylation sites (tertiary alicyclic amines) is 1. The maximum absolute atomic E-state index is 14.9. The Morgan fingerprint density at radius 3 is 2.32 bits per heavy atom. The lowest BCUT2D eigenvalue weighted by Gasteiger charge is -2.22. The van der Waals surface area contributed by atoms with Crippen LogP contribution in [0.4, 0.5) is 22.0 Å². The SMILES string of the molecule is COc1cc(F)c([C@@H]2CN(CCC(F)(F)F)C(=O)[C@H]2NC(=O)CC2(c3ccc(Cl)c(Cl)c3)CC2)c(F)c1. The third-order valence-corrected chi connectivity index (χ3v) is 7.66. The lowest BCUT2D eigenvalue weighted by Crippen LogP contribution is -2.45. The normalized spacial score (nSPS) is 20.8. The number of alkyl halides is 3. The van der Waals surface area contributed by atoms with Crippen molar-refractivity contribution < 1.29 is 36.3 Å². The van der Waals surface area contributed by atoms with Crippen molar-refractivity contribution in [3.63, 3.8) is 0 Å². The first-order valence-corrected chi connectivity index (χ1v) is 12.2. The van der Waals surface area contributed by atoms with Crippen LogP contribution >= 0.6 is 23.2 Å². The number of carbonyl (C=O) groups is 2. The quantitative estimate of drug-likeness (QED) is 0.414. The van der Waals surface area contributed by atoms with E-state index < -0.39 is 72.1 Å². The Balaban J connectivity index is 1.58. The predicted molar refractivity (Wildman–Crippen MR) is 127 cm³/mol. The van der Waals surface area contributed by atoms with Crippen molar-refractivity contribution in [2.45, 2.75) is 49.2 Å². The summed E-state index contributed by atoms with van der Waals surface area (Å²) in [5, 5.41) is 3.22. The molecule has 4 rings (SSSR count). The van der Waals surface area contributed by atoms with Gasteiger partial charge in [0.25, 0.3) is 0 Å². The molecule has 2 aromatic rings.